The highest BCUT2D eigenvalue weighted by Crippen LogP contribution is 2.33. The minimum atomic E-state index is -0.373. The van der Waals surface area contributed by atoms with Crippen molar-refractivity contribution >= 4 is 27.6 Å². The molecule has 6 aromatic rings. The first kappa shape index (κ1) is 27.7. The molecule has 0 spiro atoms. The third kappa shape index (κ3) is 5.07. The first-order chi connectivity index (χ1) is 21.5. The van der Waals surface area contributed by atoms with Gasteiger partial charge in [-0.1, -0.05) is 60.7 Å². The second-order valence-corrected chi connectivity index (χ2v) is 11.7. The molecule has 7 rings (SSSR count). The van der Waals surface area contributed by atoms with Gasteiger partial charge in [0.05, 0.1) is 11.4 Å². The number of anilines is 1. The van der Waals surface area contributed by atoms with Crippen LogP contribution in [0, 0.1) is 0 Å². The number of aromatic amines is 1. The topological polar surface area (TPSA) is 95.9 Å². The van der Waals surface area contributed by atoms with E-state index < -0.39 is 0 Å². The zero-order valence-electron chi connectivity index (χ0n) is 24.8. The molecular formula is C36H34N6O2. The number of hydrogen-bond donors (Lipinski definition) is 2. The van der Waals surface area contributed by atoms with E-state index in [1.807, 2.05) is 55.5 Å². The van der Waals surface area contributed by atoms with Gasteiger partial charge < -0.3 is 15.2 Å². The summed E-state index contributed by atoms with van der Waals surface area (Å²) in [6, 6.07) is 27.6. The molecule has 0 radical (unpaired) electrons. The lowest BCUT2D eigenvalue weighted by atomic mass is 9.88. The molecule has 0 unspecified atom stereocenters. The lowest BCUT2D eigenvalue weighted by molar-refractivity contribution is 0.255. The average molecular weight is 583 g/mol. The molecule has 0 aliphatic carbocycles. The van der Waals surface area contributed by atoms with Crippen LogP contribution < -0.4 is 16.3 Å². The minimum absolute atomic E-state index is 0.0993. The summed E-state index contributed by atoms with van der Waals surface area (Å²) in [4.78, 5) is 41.3. The van der Waals surface area contributed by atoms with E-state index in [1.54, 1.807) is 10.8 Å². The number of piperidine rings is 1. The largest absolute Gasteiger partial charge is 0.361 e. The quantitative estimate of drug-likeness (QED) is 0.240. The summed E-state index contributed by atoms with van der Waals surface area (Å²) in [5.74, 6) is 0.983. The molecule has 8 heteroatoms. The smallest absolute Gasteiger partial charge is 0.263 e. The van der Waals surface area contributed by atoms with Crippen molar-refractivity contribution in [2.45, 2.75) is 31.7 Å². The van der Waals surface area contributed by atoms with Crippen molar-refractivity contribution in [2.24, 2.45) is 0 Å². The molecule has 3 aromatic carbocycles. The molecule has 0 bridgehead atoms. The molecular weight excluding hydrogens is 548 g/mol. The fourth-order valence-electron chi connectivity index (χ4n) is 6.46. The summed E-state index contributed by atoms with van der Waals surface area (Å²) >= 11 is 0. The van der Waals surface area contributed by atoms with Crippen molar-refractivity contribution < 1.29 is 0 Å². The van der Waals surface area contributed by atoms with Crippen molar-refractivity contribution in [3.05, 3.63) is 129 Å². The summed E-state index contributed by atoms with van der Waals surface area (Å²) in [7, 11) is 2.18. The van der Waals surface area contributed by atoms with Crippen LogP contribution in [0.1, 0.15) is 43.0 Å². The number of nitrogens with zero attached hydrogens (tertiary/aromatic N) is 4. The normalized spacial score (nSPS) is 15.0. The molecule has 220 valence electrons. The van der Waals surface area contributed by atoms with E-state index in [-0.39, 0.29) is 17.0 Å². The predicted octanol–water partition coefficient (Wildman–Crippen LogP) is 6.27. The second-order valence-electron chi connectivity index (χ2n) is 11.7. The Balaban J connectivity index is 1.34. The van der Waals surface area contributed by atoms with E-state index in [0.29, 0.717) is 28.2 Å². The first-order valence-corrected chi connectivity index (χ1v) is 15.1. The van der Waals surface area contributed by atoms with Crippen LogP contribution in [0.5, 0.6) is 0 Å². The van der Waals surface area contributed by atoms with Gasteiger partial charge in [0.2, 0.25) is 0 Å². The van der Waals surface area contributed by atoms with Crippen LogP contribution in [-0.2, 0) is 0 Å². The average Bonchev–Trinajstić information content (AvgIpc) is 3.05. The number of likely N-dealkylation sites (tertiary alicyclic amines) is 1. The standard InChI is InChI=1S/C36H34N6O2/c1-23(40-35-33-31(43)15-18-37-34(33)38-22-39-35)30-21-27-7-6-10-29(32(27)36(44)42(30)28-8-4-3-5-9-28)26-13-11-24(12-14-26)25-16-19-41(2)20-17-25/h3-15,18,21-23,25H,16-17,19-20H2,1-2H3,(H2,37,38,39,40,43)/t23-/m0/s1. The van der Waals surface area contributed by atoms with E-state index in [0.717, 1.165) is 41.0 Å². The van der Waals surface area contributed by atoms with E-state index in [1.165, 1.54) is 30.8 Å². The van der Waals surface area contributed by atoms with Crippen molar-refractivity contribution in [1.29, 1.82) is 0 Å². The third-order valence-electron chi connectivity index (χ3n) is 8.85. The van der Waals surface area contributed by atoms with E-state index in [4.69, 9.17) is 0 Å². The van der Waals surface area contributed by atoms with Gasteiger partial charge >= 0.3 is 0 Å². The first-order valence-electron chi connectivity index (χ1n) is 15.1. The van der Waals surface area contributed by atoms with Crippen LogP contribution in [0.15, 0.2) is 107 Å². The molecule has 1 atom stereocenters. The van der Waals surface area contributed by atoms with Gasteiger partial charge in [-0.2, -0.15) is 0 Å². The highest BCUT2D eigenvalue weighted by Gasteiger charge is 2.21. The van der Waals surface area contributed by atoms with Gasteiger partial charge in [-0.25, -0.2) is 9.97 Å². The Labute approximate surface area is 255 Å². The fraction of sp³-hybridized carbons (Fsp3) is 0.222. The van der Waals surface area contributed by atoms with Crippen LogP contribution in [0.4, 0.5) is 5.82 Å². The predicted molar refractivity (Wildman–Crippen MR) is 177 cm³/mol. The van der Waals surface area contributed by atoms with Gasteiger partial charge in [0.15, 0.2) is 5.43 Å². The Morgan fingerprint density at radius 1 is 0.886 bits per heavy atom. The molecule has 0 saturated carbocycles. The van der Waals surface area contributed by atoms with Crippen LogP contribution in [-0.4, -0.2) is 44.6 Å². The number of pyridine rings is 2. The van der Waals surface area contributed by atoms with E-state index in [9.17, 15) is 9.59 Å². The summed E-state index contributed by atoms with van der Waals surface area (Å²) in [6.07, 6.45) is 5.32. The Bertz CT molecular complexity index is 2070. The van der Waals surface area contributed by atoms with Gasteiger partial charge in [0.25, 0.3) is 5.56 Å². The molecule has 4 heterocycles. The Hall–Kier alpha value is -5.08. The number of H-pyrrole nitrogens is 1. The van der Waals surface area contributed by atoms with Crippen LogP contribution >= 0.6 is 0 Å². The third-order valence-corrected chi connectivity index (χ3v) is 8.85. The molecule has 3 aromatic heterocycles. The number of aromatic nitrogens is 4. The Morgan fingerprint density at radius 2 is 1.66 bits per heavy atom. The van der Waals surface area contributed by atoms with Crippen molar-refractivity contribution in [3.63, 3.8) is 0 Å². The van der Waals surface area contributed by atoms with Crippen LogP contribution in [0.3, 0.4) is 0 Å². The number of para-hydroxylation sites is 1. The van der Waals surface area contributed by atoms with Crippen molar-refractivity contribution in [2.75, 3.05) is 25.5 Å². The summed E-state index contributed by atoms with van der Waals surface area (Å²) < 4.78 is 1.77. The number of fused-ring (bicyclic) bond motifs is 2. The van der Waals surface area contributed by atoms with Gasteiger partial charge in [0.1, 0.15) is 23.2 Å². The molecule has 1 saturated heterocycles. The Kier molecular flexibility index (Phi) is 7.28. The second kappa shape index (κ2) is 11.5. The van der Waals surface area contributed by atoms with Gasteiger partial charge in [-0.15, -0.1) is 0 Å². The number of benzene rings is 3. The summed E-state index contributed by atoms with van der Waals surface area (Å²) in [5.41, 5.74) is 4.98. The summed E-state index contributed by atoms with van der Waals surface area (Å²) in [6.45, 7) is 4.21. The number of nitrogens with one attached hydrogen (secondary N) is 2. The maximum Gasteiger partial charge on any atom is 0.263 e. The minimum Gasteiger partial charge on any atom is -0.361 e. The summed E-state index contributed by atoms with van der Waals surface area (Å²) in [5, 5.41) is 5.30. The number of rotatable bonds is 6. The van der Waals surface area contributed by atoms with Gasteiger partial charge in [-0.3, -0.25) is 14.2 Å². The Morgan fingerprint density at radius 3 is 2.43 bits per heavy atom. The van der Waals surface area contributed by atoms with Gasteiger partial charge in [-0.05, 0) is 86.1 Å². The maximum absolute atomic E-state index is 14.6. The molecule has 1 aliphatic heterocycles. The lowest BCUT2D eigenvalue weighted by Gasteiger charge is -2.29. The molecule has 2 N–H and O–H groups in total. The van der Waals surface area contributed by atoms with Crippen LogP contribution in [0.2, 0.25) is 0 Å². The van der Waals surface area contributed by atoms with Crippen molar-refractivity contribution in [3.8, 4) is 16.8 Å². The van der Waals surface area contributed by atoms with Crippen LogP contribution in [0.25, 0.3) is 38.6 Å². The van der Waals surface area contributed by atoms with Gasteiger partial charge in [0, 0.05) is 23.6 Å². The highest BCUT2D eigenvalue weighted by atomic mass is 16.1. The molecule has 44 heavy (non-hydrogen) atoms. The molecule has 1 aliphatic rings. The van der Waals surface area contributed by atoms with E-state index >= 15 is 0 Å². The monoisotopic (exact) mass is 582 g/mol. The maximum atomic E-state index is 14.6. The fourth-order valence-corrected chi connectivity index (χ4v) is 6.46. The SMILES string of the molecule is C[C@H](Nc1ncnc2[nH]ccc(=O)c12)c1cc2cccc(-c3ccc(C4CCN(C)CC4)cc3)c2c(=O)n1-c1ccccc1. The highest BCUT2D eigenvalue weighted by molar-refractivity contribution is 5.96. The number of hydrogen-bond acceptors (Lipinski definition) is 6. The van der Waals surface area contributed by atoms with E-state index in [2.05, 4.69) is 62.5 Å². The molecule has 8 nitrogen and oxygen atoms in total. The van der Waals surface area contributed by atoms with Crippen molar-refractivity contribution in [1.82, 2.24) is 24.4 Å². The molecule has 0 amide bonds. The lowest BCUT2D eigenvalue weighted by Crippen LogP contribution is -2.29. The zero-order valence-corrected chi connectivity index (χ0v) is 24.8. The molecule has 1 fully saturated rings. The zero-order chi connectivity index (χ0) is 30.2.